The van der Waals surface area contributed by atoms with Crippen molar-refractivity contribution < 1.29 is 9.50 Å². The van der Waals surface area contributed by atoms with Crippen LogP contribution in [0.4, 0.5) is 10.2 Å². The Morgan fingerprint density at radius 1 is 1.44 bits per heavy atom. The first kappa shape index (κ1) is 19.9. The number of aromatic nitrogens is 1. The van der Waals surface area contributed by atoms with Crippen LogP contribution in [-0.4, -0.2) is 54.4 Å². The van der Waals surface area contributed by atoms with E-state index in [1.54, 1.807) is 12.3 Å². The second kappa shape index (κ2) is 8.87. The van der Waals surface area contributed by atoms with E-state index in [1.165, 1.54) is 6.07 Å². The molecule has 1 saturated heterocycles. The number of nitrogens with one attached hydrogen (secondary N) is 2. The maximum absolute atomic E-state index is 14.0. The van der Waals surface area contributed by atoms with Gasteiger partial charge in [-0.05, 0) is 38.3 Å². The van der Waals surface area contributed by atoms with Gasteiger partial charge in [0.05, 0.1) is 12.6 Å². The van der Waals surface area contributed by atoms with Crippen LogP contribution in [-0.2, 0) is 0 Å². The molecule has 3 rings (SSSR count). The number of nitrogens with zero attached hydrogens (tertiary/aromatic N) is 3. The molecule has 0 radical (unpaired) electrons. The monoisotopic (exact) mass is 377 g/mol. The molecule has 0 aromatic carbocycles. The van der Waals surface area contributed by atoms with Gasteiger partial charge in [0.1, 0.15) is 0 Å². The Balaban J connectivity index is 1.60. The van der Waals surface area contributed by atoms with Crippen molar-refractivity contribution in [3.05, 3.63) is 24.1 Å². The summed E-state index contributed by atoms with van der Waals surface area (Å²) in [5.74, 6) is 0.907. The average Bonchev–Trinajstić information content (AvgIpc) is 3.11. The fraction of sp³-hybridized carbons (Fsp3) is 0.700. The van der Waals surface area contributed by atoms with E-state index in [1.807, 2.05) is 11.8 Å². The molecule has 3 atom stereocenters. The third kappa shape index (κ3) is 4.89. The molecular weight excluding hydrogens is 345 g/mol. The molecule has 0 bridgehead atoms. The van der Waals surface area contributed by atoms with Crippen LogP contribution in [0.25, 0.3) is 0 Å². The van der Waals surface area contributed by atoms with Gasteiger partial charge in [-0.1, -0.05) is 19.8 Å². The Kier molecular flexibility index (Phi) is 6.52. The van der Waals surface area contributed by atoms with Crippen LogP contribution >= 0.6 is 0 Å². The predicted molar refractivity (Wildman–Crippen MR) is 107 cm³/mol. The van der Waals surface area contributed by atoms with Gasteiger partial charge in [-0.2, -0.15) is 0 Å². The lowest BCUT2D eigenvalue weighted by molar-refractivity contribution is 0.00716. The summed E-state index contributed by atoms with van der Waals surface area (Å²) in [7, 11) is 0. The molecule has 2 fully saturated rings. The summed E-state index contributed by atoms with van der Waals surface area (Å²) in [4.78, 5) is 10.9. The fourth-order valence-corrected chi connectivity index (χ4v) is 4.02. The molecular formula is C20H32FN5O. The van der Waals surface area contributed by atoms with Crippen LogP contribution in [0.3, 0.4) is 0 Å². The molecule has 0 spiro atoms. The summed E-state index contributed by atoms with van der Waals surface area (Å²) in [5.41, 5.74) is -0.153. The highest BCUT2D eigenvalue weighted by molar-refractivity contribution is 5.80. The number of halogens is 1. The minimum absolute atomic E-state index is 0.153. The second-order valence-electron chi connectivity index (χ2n) is 8.00. The van der Waals surface area contributed by atoms with E-state index in [0.29, 0.717) is 18.9 Å². The normalized spacial score (nSPS) is 29.0. The molecule has 1 aromatic heterocycles. The molecule has 1 aliphatic heterocycles. The van der Waals surface area contributed by atoms with E-state index in [4.69, 9.17) is 4.99 Å². The molecule has 1 aromatic rings. The minimum atomic E-state index is -0.285. The van der Waals surface area contributed by atoms with Crippen molar-refractivity contribution in [2.75, 3.05) is 31.1 Å². The van der Waals surface area contributed by atoms with Gasteiger partial charge < -0.3 is 20.6 Å². The smallest absolute Gasteiger partial charge is 0.191 e. The van der Waals surface area contributed by atoms with Gasteiger partial charge >= 0.3 is 0 Å². The predicted octanol–water partition coefficient (Wildman–Crippen LogP) is 2.30. The van der Waals surface area contributed by atoms with Gasteiger partial charge in [0, 0.05) is 37.3 Å². The summed E-state index contributed by atoms with van der Waals surface area (Å²) in [5, 5.41) is 17.2. The number of aliphatic hydroxyl groups excluding tert-OH is 1. The van der Waals surface area contributed by atoms with Gasteiger partial charge in [-0.3, -0.25) is 4.99 Å². The zero-order chi connectivity index (χ0) is 19.3. The van der Waals surface area contributed by atoms with Crippen molar-refractivity contribution in [1.82, 2.24) is 15.6 Å². The first-order valence-corrected chi connectivity index (χ1v) is 10.1. The van der Waals surface area contributed by atoms with Gasteiger partial charge in [0.15, 0.2) is 17.6 Å². The van der Waals surface area contributed by atoms with Crippen LogP contribution in [0.2, 0.25) is 0 Å². The lowest BCUT2D eigenvalue weighted by Gasteiger charge is -2.37. The third-order valence-electron chi connectivity index (χ3n) is 5.79. The largest absolute Gasteiger partial charge is 0.392 e. The minimum Gasteiger partial charge on any atom is -0.392 e. The number of rotatable bonds is 5. The van der Waals surface area contributed by atoms with Gasteiger partial charge in [-0.15, -0.1) is 0 Å². The van der Waals surface area contributed by atoms with Crippen LogP contribution in [0, 0.1) is 11.2 Å². The molecule has 2 aliphatic rings. The van der Waals surface area contributed by atoms with Crippen molar-refractivity contribution in [2.24, 2.45) is 10.4 Å². The average molecular weight is 378 g/mol. The highest BCUT2D eigenvalue weighted by Gasteiger charge is 2.35. The maximum atomic E-state index is 14.0. The summed E-state index contributed by atoms with van der Waals surface area (Å²) < 4.78 is 14.0. The fourth-order valence-electron chi connectivity index (χ4n) is 4.02. The SMILES string of the molecule is CCNC(=NCC1(C)CCCCC1O)NC1CCN(c2ncccc2F)C1. The number of aliphatic imine (C=N–C) groups is 1. The summed E-state index contributed by atoms with van der Waals surface area (Å²) in [6.45, 7) is 7.01. The van der Waals surface area contributed by atoms with Gasteiger partial charge in [-0.25, -0.2) is 9.37 Å². The molecule has 6 nitrogen and oxygen atoms in total. The Morgan fingerprint density at radius 2 is 2.30 bits per heavy atom. The van der Waals surface area contributed by atoms with Crippen molar-refractivity contribution in [1.29, 1.82) is 0 Å². The second-order valence-corrected chi connectivity index (χ2v) is 8.00. The summed E-state index contributed by atoms with van der Waals surface area (Å²) >= 11 is 0. The quantitative estimate of drug-likeness (QED) is 0.542. The zero-order valence-electron chi connectivity index (χ0n) is 16.4. The van der Waals surface area contributed by atoms with Crippen LogP contribution < -0.4 is 15.5 Å². The first-order valence-electron chi connectivity index (χ1n) is 10.1. The molecule has 1 aliphatic carbocycles. The van der Waals surface area contributed by atoms with E-state index in [0.717, 1.165) is 51.2 Å². The number of hydrogen-bond acceptors (Lipinski definition) is 4. The Labute approximate surface area is 161 Å². The first-order chi connectivity index (χ1) is 13.0. The molecule has 3 unspecified atom stereocenters. The molecule has 0 amide bonds. The Bertz CT molecular complexity index is 655. The van der Waals surface area contributed by atoms with Crippen molar-refractivity contribution in [3.8, 4) is 0 Å². The van der Waals surface area contributed by atoms with Crippen LogP contribution in [0.5, 0.6) is 0 Å². The number of anilines is 1. The summed E-state index contributed by atoms with van der Waals surface area (Å²) in [6.07, 6.45) is 6.37. The van der Waals surface area contributed by atoms with Crippen molar-refractivity contribution >= 4 is 11.8 Å². The number of guanidine groups is 1. The Morgan fingerprint density at radius 3 is 3.04 bits per heavy atom. The van der Waals surface area contributed by atoms with Crippen LogP contribution in [0.15, 0.2) is 23.3 Å². The highest BCUT2D eigenvalue weighted by atomic mass is 19.1. The van der Waals surface area contributed by atoms with E-state index in [-0.39, 0.29) is 23.4 Å². The Hall–Kier alpha value is -1.89. The highest BCUT2D eigenvalue weighted by Crippen LogP contribution is 2.36. The maximum Gasteiger partial charge on any atom is 0.191 e. The van der Waals surface area contributed by atoms with Crippen LogP contribution in [0.1, 0.15) is 46.0 Å². The lowest BCUT2D eigenvalue weighted by atomic mass is 9.73. The molecule has 3 N–H and O–H groups in total. The standard InChI is InChI=1S/C20H32FN5O/c1-3-22-19(24-14-20(2)10-5-4-8-17(20)27)25-15-9-12-26(13-15)18-16(21)7-6-11-23-18/h6-7,11,15,17,27H,3-5,8-10,12-14H2,1-2H3,(H2,22,24,25). The zero-order valence-corrected chi connectivity index (χ0v) is 16.4. The van der Waals surface area contributed by atoms with E-state index in [2.05, 4.69) is 22.5 Å². The topological polar surface area (TPSA) is 72.8 Å². The number of hydrogen-bond donors (Lipinski definition) is 3. The van der Waals surface area contributed by atoms with Gasteiger partial charge in [0.25, 0.3) is 0 Å². The third-order valence-corrected chi connectivity index (χ3v) is 5.79. The molecule has 2 heterocycles. The number of aliphatic hydroxyl groups is 1. The number of pyridine rings is 1. The van der Waals surface area contributed by atoms with Crippen molar-refractivity contribution in [2.45, 2.75) is 58.1 Å². The van der Waals surface area contributed by atoms with E-state index in [9.17, 15) is 9.50 Å². The van der Waals surface area contributed by atoms with Gasteiger partial charge in [0.2, 0.25) is 0 Å². The molecule has 1 saturated carbocycles. The lowest BCUT2D eigenvalue weighted by Crippen LogP contribution is -2.46. The van der Waals surface area contributed by atoms with E-state index >= 15 is 0 Å². The van der Waals surface area contributed by atoms with Crippen molar-refractivity contribution in [3.63, 3.8) is 0 Å². The molecule has 27 heavy (non-hydrogen) atoms. The summed E-state index contributed by atoms with van der Waals surface area (Å²) in [6, 6.07) is 3.25. The molecule has 150 valence electrons. The molecule has 7 heteroatoms. The van der Waals surface area contributed by atoms with E-state index < -0.39 is 0 Å².